The second-order valence-corrected chi connectivity index (χ2v) is 5.38. The lowest BCUT2D eigenvalue weighted by molar-refractivity contribution is -0.123. The summed E-state index contributed by atoms with van der Waals surface area (Å²) in [5.74, 6) is 0.387. The van der Waals surface area contributed by atoms with Crippen LogP contribution in [0.1, 0.15) is 30.8 Å². The van der Waals surface area contributed by atoms with Crippen molar-refractivity contribution in [2.75, 3.05) is 0 Å². The summed E-state index contributed by atoms with van der Waals surface area (Å²) < 4.78 is 10.00. The number of fused-ring (bicyclic) bond motifs is 2. The maximum atomic E-state index is 11.1. The lowest BCUT2D eigenvalue weighted by Gasteiger charge is -2.14. The fraction of sp³-hybridized carbons (Fsp3) is 0.333. The van der Waals surface area contributed by atoms with Crippen molar-refractivity contribution in [1.29, 1.82) is 0 Å². The van der Waals surface area contributed by atoms with Gasteiger partial charge >= 0.3 is 0 Å². The third kappa shape index (κ3) is 5.24. The standard InChI is InChI=1S/C9H10O3.C5H4O2.C4H6O/c1-6(11)7-4-9(5-10)3-2-8(7)12-9;6-4-5-2-1-3-7-5;1-3-4(2)5/h2-3,5,7-8H,4H2,1H3;1-4H;3H,1H2,2H3. The van der Waals surface area contributed by atoms with Crippen molar-refractivity contribution in [2.24, 2.45) is 5.92 Å². The first-order valence-electron chi connectivity index (χ1n) is 7.33. The van der Waals surface area contributed by atoms with E-state index in [4.69, 9.17) is 4.74 Å². The summed E-state index contributed by atoms with van der Waals surface area (Å²) >= 11 is 0. The van der Waals surface area contributed by atoms with Crippen LogP contribution in [-0.2, 0) is 19.1 Å². The van der Waals surface area contributed by atoms with Gasteiger partial charge in [-0.15, -0.1) is 0 Å². The summed E-state index contributed by atoms with van der Waals surface area (Å²) in [5, 5.41) is 0. The van der Waals surface area contributed by atoms with Crippen LogP contribution in [0.5, 0.6) is 0 Å². The van der Waals surface area contributed by atoms with Crippen LogP contribution in [-0.4, -0.2) is 35.8 Å². The number of furan rings is 1. The fourth-order valence-electron chi connectivity index (χ4n) is 2.23. The SMILES string of the molecule is C=CC(C)=O.CC(=O)C1CC2(C=O)C=CC1O2.O=Cc1ccco1. The first kappa shape index (κ1) is 19.4. The Balaban J connectivity index is 0.000000205. The molecule has 6 nitrogen and oxygen atoms in total. The summed E-state index contributed by atoms with van der Waals surface area (Å²) in [5.41, 5.74) is -0.777. The van der Waals surface area contributed by atoms with Crippen molar-refractivity contribution < 1.29 is 28.3 Å². The van der Waals surface area contributed by atoms with Gasteiger partial charge in [0.05, 0.1) is 18.3 Å². The molecule has 1 fully saturated rings. The topological polar surface area (TPSA) is 90.6 Å². The normalized spacial score (nSPS) is 25.6. The molecule has 0 spiro atoms. The quantitative estimate of drug-likeness (QED) is 0.477. The van der Waals surface area contributed by atoms with E-state index in [-0.39, 0.29) is 23.6 Å². The summed E-state index contributed by atoms with van der Waals surface area (Å²) in [6.45, 7) is 6.22. The molecule has 2 aliphatic heterocycles. The zero-order valence-corrected chi connectivity index (χ0v) is 13.6. The van der Waals surface area contributed by atoms with E-state index < -0.39 is 5.60 Å². The molecule has 6 heteroatoms. The monoisotopic (exact) mass is 332 g/mol. The second-order valence-electron chi connectivity index (χ2n) is 5.38. The number of allylic oxidation sites excluding steroid dienone is 1. The largest absolute Gasteiger partial charge is 0.462 e. The first-order chi connectivity index (χ1) is 11.4. The van der Waals surface area contributed by atoms with Crippen LogP contribution < -0.4 is 0 Å². The van der Waals surface area contributed by atoms with Crippen LogP contribution in [0.3, 0.4) is 0 Å². The maximum Gasteiger partial charge on any atom is 0.185 e. The van der Waals surface area contributed by atoms with E-state index in [9.17, 15) is 19.2 Å². The Morgan fingerprint density at radius 3 is 2.29 bits per heavy atom. The highest BCUT2D eigenvalue weighted by Gasteiger charge is 2.49. The number of ketones is 2. The summed E-state index contributed by atoms with van der Waals surface area (Å²) in [7, 11) is 0. The third-order valence-electron chi connectivity index (χ3n) is 3.53. The third-order valence-corrected chi connectivity index (χ3v) is 3.53. The minimum Gasteiger partial charge on any atom is -0.462 e. The average molecular weight is 332 g/mol. The molecule has 3 rings (SSSR count). The predicted molar refractivity (Wildman–Crippen MR) is 86.6 cm³/mol. The Labute approximate surface area is 140 Å². The van der Waals surface area contributed by atoms with E-state index in [2.05, 4.69) is 11.0 Å². The van der Waals surface area contributed by atoms with E-state index in [1.165, 1.54) is 19.3 Å². The molecule has 1 aromatic heterocycles. The number of carbonyl (C=O) groups excluding carboxylic acids is 4. The van der Waals surface area contributed by atoms with Crippen LogP contribution in [0.25, 0.3) is 0 Å². The molecule has 3 unspecified atom stereocenters. The van der Waals surface area contributed by atoms with Crippen LogP contribution in [0, 0.1) is 5.92 Å². The van der Waals surface area contributed by atoms with E-state index in [0.717, 1.165) is 6.29 Å². The molecule has 24 heavy (non-hydrogen) atoms. The summed E-state index contributed by atoms with van der Waals surface area (Å²) in [6, 6.07) is 3.27. The zero-order chi connectivity index (χ0) is 18.2. The molecule has 0 saturated carbocycles. The minimum atomic E-state index is -0.777. The van der Waals surface area contributed by atoms with Gasteiger partial charge in [-0.25, -0.2) is 0 Å². The smallest absolute Gasteiger partial charge is 0.185 e. The minimum absolute atomic E-state index is 0.0185. The van der Waals surface area contributed by atoms with Crippen LogP contribution in [0.2, 0.25) is 0 Å². The van der Waals surface area contributed by atoms with Crippen LogP contribution >= 0.6 is 0 Å². The number of hydrogen-bond acceptors (Lipinski definition) is 6. The van der Waals surface area contributed by atoms with Gasteiger partial charge in [0.1, 0.15) is 11.4 Å². The Bertz CT molecular complexity index is 628. The molecule has 1 saturated heterocycles. The van der Waals surface area contributed by atoms with E-state index in [1.54, 1.807) is 25.1 Å². The molecule has 128 valence electrons. The van der Waals surface area contributed by atoms with Gasteiger partial charge in [0, 0.05) is 0 Å². The molecule has 0 N–H and O–H groups in total. The van der Waals surface area contributed by atoms with Gasteiger partial charge in [-0.05, 0) is 44.6 Å². The van der Waals surface area contributed by atoms with Crippen molar-refractivity contribution in [2.45, 2.75) is 32.0 Å². The molecule has 0 amide bonds. The van der Waals surface area contributed by atoms with Gasteiger partial charge in [0.2, 0.25) is 0 Å². The number of hydrogen-bond donors (Lipinski definition) is 0. The lowest BCUT2D eigenvalue weighted by Crippen LogP contribution is -2.26. The molecule has 2 bridgehead atoms. The lowest BCUT2D eigenvalue weighted by atomic mass is 9.85. The fourth-order valence-corrected chi connectivity index (χ4v) is 2.23. The highest BCUT2D eigenvalue weighted by Crippen LogP contribution is 2.41. The van der Waals surface area contributed by atoms with E-state index in [1.807, 2.05) is 6.08 Å². The number of ether oxygens (including phenoxy) is 1. The second kappa shape index (κ2) is 8.88. The van der Waals surface area contributed by atoms with E-state index in [0.29, 0.717) is 18.5 Å². The van der Waals surface area contributed by atoms with Gasteiger partial charge in [-0.1, -0.05) is 12.7 Å². The van der Waals surface area contributed by atoms with Crippen molar-refractivity contribution in [1.82, 2.24) is 0 Å². The average Bonchev–Trinajstić information content (AvgIpc) is 3.31. The molecule has 3 atom stereocenters. The van der Waals surface area contributed by atoms with Gasteiger partial charge in [0.25, 0.3) is 0 Å². The summed E-state index contributed by atoms with van der Waals surface area (Å²) in [6.07, 6.45) is 8.12. The van der Waals surface area contributed by atoms with Crippen molar-refractivity contribution in [3.8, 4) is 0 Å². The molecule has 0 aliphatic carbocycles. The summed E-state index contributed by atoms with van der Waals surface area (Å²) in [4.78, 5) is 41.2. The first-order valence-corrected chi connectivity index (χ1v) is 7.33. The highest BCUT2D eigenvalue weighted by molar-refractivity contribution is 5.86. The molecular formula is C18H20O6. The van der Waals surface area contributed by atoms with Crippen LogP contribution in [0.15, 0.2) is 47.6 Å². The molecule has 0 radical (unpaired) electrons. The van der Waals surface area contributed by atoms with Crippen molar-refractivity contribution in [3.05, 3.63) is 49.0 Å². The Kier molecular flexibility index (Phi) is 7.20. The van der Waals surface area contributed by atoms with Crippen molar-refractivity contribution >= 4 is 24.1 Å². The molecule has 3 heterocycles. The van der Waals surface area contributed by atoms with Gasteiger partial charge in [-0.3, -0.25) is 19.2 Å². The number of aldehydes is 2. The predicted octanol–water partition coefficient (Wildman–Crippen LogP) is 2.34. The Morgan fingerprint density at radius 1 is 1.33 bits per heavy atom. The van der Waals surface area contributed by atoms with Crippen molar-refractivity contribution in [3.63, 3.8) is 0 Å². The number of rotatable bonds is 4. The molecule has 0 aromatic carbocycles. The molecular weight excluding hydrogens is 312 g/mol. The Morgan fingerprint density at radius 2 is 2.00 bits per heavy atom. The number of Topliss-reactive ketones (excluding diaryl/α,β-unsaturated/α-hetero) is 1. The zero-order valence-electron chi connectivity index (χ0n) is 13.6. The van der Waals surface area contributed by atoms with Crippen LogP contribution in [0.4, 0.5) is 0 Å². The van der Waals surface area contributed by atoms with Gasteiger partial charge < -0.3 is 9.15 Å². The molecule has 2 aliphatic rings. The number of carbonyl (C=O) groups is 4. The van der Waals surface area contributed by atoms with E-state index >= 15 is 0 Å². The Hall–Kier alpha value is -2.60. The van der Waals surface area contributed by atoms with Gasteiger partial charge in [0.15, 0.2) is 24.1 Å². The maximum absolute atomic E-state index is 11.1. The molecule has 1 aromatic rings. The highest BCUT2D eigenvalue weighted by atomic mass is 16.5. The van der Waals surface area contributed by atoms with Gasteiger partial charge in [-0.2, -0.15) is 0 Å².